The van der Waals surface area contributed by atoms with Gasteiger partial charge in [-0.2, -0.15) is 0 Å². The lowest BCUT2D eigenvalue weighted by Crippen LogP contribution is -2.22. The number of carbonyl (C=O) groups excluding carboxylic acids is 2. The highest BCUT2D eigenvalue weighted by Gasteiger charge is 2.28. The van der Waals surface area contributed by atoms with Crippen LogP contribution in [0, 0.1) is 6.92 Å². The third-order valence-corrected chi connectivity index (χ3v) is 6.67. The van der Waals surface area contributed by atoms with Gasteiger partial charge >= 0.3 is 5.97 Å². The summed E-state index contributed by atoms with van der Waals surface area (Å²) < 4.78 is 27.5. The van der Waals surface area contributed by atoms with Crippen molar-refractivity contribution in [2.45, 2.75) is 18.6 Å². The van der Waals surface area contributed by atoms with Crippen molar-refractivity contribution in [2.24, 2.45) is 0 Å². The number of hydrogen-bond acceptors (Lipinski definition) is 6. The molecule has 1 atom stereocenters. The van der Waals surface area contributed by atoms with Crippen molar-refractivity contribution in [3.05, 3.63) is 29.8 Å². The van der Waals surface area contributed by atoms with Crippen LogP contribution in [0.2, 0.25) is 0 Å². The summed E-state index contributed by atoms with van der Waals surface area (Å²) >= 11 is 1.27. The molecule has 1 aromatic rings. The van der Waals surface area contributed by atoms with E-state index in [1.807, 2.05) is 19.1 Å². The molecule has 0 aliphatic carbocycles. The first-order valence-electron chi connectivity index (χ1n) is 7.19. The Hall–Kier alpha value is -1.54. The van der Waals surface area contributed by atoms with Gasteiger partial charge in [-0.1, -0.05) is 18.2 Å². The van der Waals surface area contributed by atoms with Crippen molar-refractivity contribution >= 4 is 39.2 Å². The second-order valence-corrected chi connectivity index (χ2v) is 8.88. The van der Waals surface area contributed by atoms with Crippen molar-refractivity contribution in [2.75, 3.05) is 29.2 Å². The third-order valence-electron chi connectivity index (χ3n) is 3.41. The minimum absolute atomic E-state index is 0.0534. The number of hydrogen-bond donors (Lipinski definition) is 1. The zero-order chi connectivity index (χ0) is 16.9. The number of para-hydroxylation sites is 1. The Balaban J connectivity index is 1.68. The molecule has 0 unspecified atom stereocenters. The lowest BCUT2D eigenvalue weighted by atomic mass is 10.2. The first-order chi connectivity index (χ1) is 10.9. The molecule has 1 N–H and O–H groups in total. The Kier molecular flexibility index (Phi) is 6.06. The van der Waals surface area contributed by atoms with Gasteiger partial charge in [0.1, 0.15) is 0 Å². The number of nitrogens with one attached hydrogen (secondary N) is 1. The van der Waals surface area contributed by atoms with Gasteiger partial charge in [-0.3, -0.25) is 9.59 Å². The molecule has 1 amide bonds. The molecule has 0 saturated carbocycles. The predicted molar refractivity (Wildman–Crippen MR) is 90.3 cm³/mol. The quantitative estimate of drug-likeness (QED) is 0.774. The van der Waals surface area contributed by atoms with Gasteiger partial charge in [0.25, 0.3) is 5.91 Å². The number of amides is 1. The van der Waals surface area contributed by atoms with Crippen molar-refractivity contribution in [1.29, 1.82) is 0 Å². The third kappa shape index (κ3) is 5.87. The molecule has 23 heavy (non-hydrogen) atoms. The number of esters is 1. The largest absolute Gasteiger partial charge is 0.455 e. The molecular weight excluding hydrogens is 338 g/mol. The van der Waals surface area contributed by atoms with Crippen LogP contribution in [0.1, 0.15) is 12.0 Å². The number of anilines is 1. The maximum Gasteiger partial charge on any atom is 0.316 e. The van der Waals surface area contributed by atoms with Crippen molar-refractivity contribution in [3.63, 3.8) is 0 Å². The van der Waals surface area contributed by atoms with E-state index in [-0.39, 0.29) is 29.1 Å². The summed E-state index contributed by atoms with van der Waals surface area (Å²) in [5.74, 6) is -0.574. The van der Waals surface area contributed by atoms with E-state index in [1.54, 1.807) is 12.1 Å². The number of rotatable bonds is 6. The van der Waals surface area contributed by atoms with Crippen LogP contribution < -0.4 is 5.32 Å². The number of carbonyl (C=O) groups is 2. The van der Waals surface area contributed by atoms with Crippen LogP contribution in [0.15, 0.2) is 24.3 Å². The van der Waals surface area contributed by atoms with Gasteiger partial charge in [-0.05, 0) is 25.0 Å². The molecule has 1 aromatic carbocycles. The molecule has 1 saturated heterocycles. The molecule has 1 aliphatic heterocycles. The highest BCUT2D eigenvalue weighted by Crippen LogP contribution is 2.24. The second-order valence-electron chi connectivity index (χ2n) is 5.36. The molecule has 6 nitrogen and oxygen atoms in total. The normalized spacial score (nSPS) is 19.3. The minimum atomic E-state index is -2.94. The Morgan fingerprint density at radius 2 is 2.09 bits per heavy atom. The van der Waals surface area contributed by atoms with Crippen LogP contribution in [-0.4, -0.2) is 49.4 Å². The van der Waals surface area contributed by atoms with E-state index < -0.39 is 21.7 Å². The average Bonchev–Trinajstić information content (AvgIpc) is 2.85. The molecule has 1 fully saturated rings. The van der Waals surface area contributed by atoms with E-state index in [0.717, 1.165) is 5.56 Å². The van der Waals surface area contributed by atoms with Crippen LogP contribution >= 0.6 is 11.8 Å². The number of benzene rings is 1. The van der Waals surface area contributed by atoms with E-state index in [9.17, 15) is 18.0 Å². The summed E-state index contributed by atoms with van der Waals surface area (Å²) in [5, 5.41) is 2.61. The monoisotopic (exact) mass is 357 g/mol. The fourth-order valence-electron chi connectivity index (χ4n) is 2.17. The molecule has 0 radical (unpaired) electrons. The number of aryl methyl sites for hydroxylation is 1. The average molecular weight is 357 g/mol. The van der Waals surface area contributed by atoms with E-state index in [1.165, 1.54) is 11.8 Å². The van der Waals surface area contributed by atoms with Gasteiger partial charge in [0.05, 0.1) is 17.3 Å². The zero-order valence-electron chi connectivity index (χ0n) is 12.8. The van der Waals surface area contributed by atoms with Gasteiger partial charge in [-0.15, -0.1) is 11.8 Å². The minimum Gasteiger partial charge on any atom is -0.455 e. The fourth-order valence-corrected chi connectivity index (χ4v) is 5.60. The first kappa shape index (κ1) is 17.8. The molecule has 0 aromatic heterocycles. The van der Waals surface area contributed by atoms with Gasteiger partial charge in [-0.25, -0.2) is 8.42 Å². The molecule has 126 valence electrons. The standard InChI is InChI=1S/C15H19NO5S2/c1-11-4-2-3-5-13(11)16-14(17)8-21-15(18)9-22-12-6-7-23(19,20)10-12/h2-5,12H,6-10H2,1H3,(H,16,17)/t12-/m0/s1. The van der Waals surface area contributed by atoms with E-state index >= 15 is 0 Å². The lowest BCUT2D eigenvalue weighted by molar-refractivity contribution is -0.144. The molecule has 0 bridgehead atoms. The van der Waals surface area contributed by atoms with Crippen LogP contribution in [0.5, 0.6) is 0 Å². The molecular formula is C15H19NO5S2. The number of ether oxygens (including phenoxy) is 1. The molecule has 0 spiro atoms. The van der Waals surface area contributed by atoms with Crippen LogP contribution in [0.25, 0.3) is 0 Å². The van der Waals surface area contributed by atoms with Crippen LogP contribution in [0.4, 0.5) is 5.69 Å². The van der Waals surface area contributed by atoms with E-state index in [0.29, 0.717) is 12.1 Å². The van der Waals surface area contributed by atoms with Gasteiger partial charge in [0, 0.05) is 10.9 Å². The highest BCUT2D eigenvalue weighted by molar-refractivity contribution is 8.02. The van der Waals surface area contributed by atoms with E-state index in [4.69, 9.17) is 4.74 Å². The first-order valence-corrected chi connectivity index (χ1v) is 10.1. The number of sulfone groups is 1. The smallest absolute Gasteiger partial charge is 0.316 e. The molecule has 1 heterocycles. The Morgan fingerprint density at radius 3 is 2.74 bits per heavy atom. The molecule has 2 rings (SSSR count). The predicted octanol–water partition coefficient (Wildman–Crippen LogP) is 1.40. The second kappa shape index (κ2) is 7.83. The Labute approximate surface area is 139 Å². The van der Waals surface area contributed by atoms with E-state index in [2.05, 4.69) is 5.32 Å². The zero-order valence-corrected chi connectivity index (χ0v) is 14.4. The van der Waals surface area contributed by atoms with Gasteiger partial charge in [0.2, 0.25) is 0 Å². The summed E-state index contributed by atoms with van der Waals surface area (Å²) in [5.41, 5.74) is 1.60. The summed E-state index contributed by atoms with van der Waals surface area (Å²) in [6, 6.07) is 7.31. The topological polar surface area (TPSA) is 89.5 Å². The highest BCUT2D eigenvalue weighted by atomic mass is 32.2. The van der Waals surface area contributed by atoms with Crippen molar-refractivity contribution < 1.29 is 22.7 Å². The van der Waals surface area contributed by atoms with Crippen LogP contribution in [-0.2, 0) is 24.2 Å². The molecule has 8 heteroatoms. The fraction of sp³-hybridized carbons (Fsp3) is 0.467. The van der Waals surface area contributed by atoms with Crippen molar-refractivity contribution in [3.8, 4) is 0 Å². The summed E-state index contributed by atoms with van der Waals surface area (Å²) in [6.07, 6.45) is 0.564. The lowest BCUT2D eigenvalue weighted by Gasteiger charge is -2.09. The van der Waals surface area contributed by atoms with Gasteiger partial charge in [0.15, 0.2) is 16.4 Å². The van der Waals surface area contributed by atoms with Gasteiger partial charge < -0.3 is 10.1 Å². The summed E-state index contributed by atoms with van der Waals surface area (Å²) in [7, 11) is -2.94. The Morgan fingerprint density at radius 1 is 1.35 bits per heavy atom. The van der Waals surface area contributed by atoms with Crippen molar-refractivity contribution in [1.82, 2.24) is 0 Å². The van der Waals surface area contributed by atoms with Crippen LogP contribution in [0.3, 0.4) is 0 Å². The summed E-state index contributed by atoms with van der Waals surface area (Å²) in [4.78, 5) is 23.4. The maximum absolute atomic E-state index is 11.7. The maximum atomic E-state index is 11.7. The summed E-state index contributed by atoms with van der Waals surface area (Å²) in [6.45, 7) is 1.52. The number of thioether (sulfide) groups is 1. The SMILES string of the molecule is Cc1ccccc1NC(=O)COC(=O)CS[C@H]1CCS(=O)(=O)C1. The molecule has 1 aliphatic rings. The Bertz CT molecular complexity index is 687.